The molecule has 5 rings (SSSR count). The molecule has 1 unspecified atom stereocenters. The molecule has 1 aromatic heterocycles. The molecule has 3 heterocycles. The molecule has 2 aromatic carbocycles. The maximum Gasteiger partial charge on any atom is 0.410 e. The van der Waals surface area contributed by atoms with Crippen LogP contribution >= 0.6 is 0 Å². The van der Waals surface area contributed by atoms with Crippen LogP contribution in [0.1, 0.15) is 46.5 Å². The molecular weight excluding hydrogens is 446 g/mol. The third-order valence-corrected chi connectivity index (χ3v) is 6.70. The van der Waals surface area contributed by atoms with Crippen molar-refractivity contribution in [2.75, 3.05) is 7.11 Å². The minimum Gasteiger partial charge on any atom is -0.495 e. The van der Waals surface area contributed by atoms with Crippen molar-refractivity contribution < 1.29 is 23.4 Å². The Morgan fingerprint density at radius 3 is 2.34 bits per heavy atom. The summed E-state index contributed by atoms with van der Waals surface area (Å²) in [5.41, 5.74) is 0.591. The predicted octanol–water partition coefficient (Wildman–Crippen LogP) is 5.78. The van der Waals surface area contributed by atoms with E-state index >= 15 is 0 Å². The number of hydrogen-bond donors (Lipinski definition) is 0. The lowest BCUT2D eigenvalue weighted by atomic mass is 10.00. The van der Waals surface area contributed by atoms with Crippen LogP contribution in [0.5, 0.6) is 11.5 Å². The second-order valence-corrected chi connectivity index (χ2v) is 10.3. The molecule has 35 heavy (non-hydrogen) atoms. The number of carbonyl (C=O) groups is 1. The lowest BCUT2D eigenvalue weighted by Crippen LogP contribution is -2.50. The quantitative estimate of drug-likeness (QED) is 0.444. The van der Waals surface area contributed by atoms with Gasteiger partial charge in [0.05, 0.1) is 12.5 Å². The van der Waals surface area contributed by atoms with Gasteiger partial charge in [-0.3, -0.25) is 0 Å². The number of rotatable bonds is 4. The maximum absolute atomic E-state index is 12.9. The normalized spacial score (nSPS) is 21.7. The van der Waals surface area contributed by atoms with Crippen LogP contribution in [-0.2, 0) is 4.74 Å². The predicted molar refractivity (Wildman–Crippen MR) is 133 cm³/mol. The van der Waals surface area contributed by atoms with E-state index in [-0.39, 0.29) is 24.3 Å². The van der Waals surface area contributed by atoms with Crippen molar-refractivity contribution in [1.29, 1.82) is 0 Å². The first-order valence-electron chi connectivity index (χ1n) is 12.1. The van der Waals surface area contributed by atoms with Crippen molar-refractivity contribution in [3.63, 3.8) is 0 Å². The van der Waals surface area contributed by atoms with Crippen LogP contribution < -0.4 is 15.1 Å². The van der Waals surface area contributed by atoms with Gasteiger partial charge >= 0.3 is 11.7 Å². The van der Waals surface area contributed by atoms with Crippen LogP contribution in [0.2, 0.25) is 0 Å². The first-order valence-corrected chi connectivity index (χ1v) is 12.1. The zero-order valence-electron chi connectivity index (χ0n) is 20.6. The highest BCUT2D eigenvalue weighted by molar-refractivity contribution is 5.91. The van der Waals surface area contributed by atoms with Crippen molar-refractivity contribution in [2.24, 2.45) is 0 Å². The van der Waals surface area contributed by atoms with E-state index in [1.54, 1.807) is 13.2 Å². The second kappa shape index (κ2) is 8.95. The number of piperidine rings is 1. The van der Waals surface area contributed by atoms with Gasteiger partial charge in [-0.2, -0.15) is 0 Å². The molecule has 7 heteroatoms. The monoisotopic (exact) mass is 477 g/mol. The van der Waals surface area contributed by atoms with Crippen LogP contribution in [0.15, 0.2) is 57.7 Å². The Labute approximate surface area is 204 Å². The van der Waals surface area contributed by atoms with Crippen molar-refractivity contribution in [1.82, 2.24) is 4.90 Å². The zero-order chi connectivity index (χ0) is 24.7. The third kappa shape index (κ3) is 4.59. The molecule has 0 spiro atoms. The lowest BCUT2D eigenvalue weighted by Gasteiger charge is -2.39. The molecule has 2 aliphatic rings. The summed E-state index contributed by atoms with van der Waals surface area (Å²) in [7, 11) is 1.55. The molecule has 1 amide bonds. The number of carbonyl (C=O) groups excluding carboxylic acids is 1. The van der Waals surface area contributed by atoms with Gasteiger partial charge in [0.15, 0.2) is 0 Å². The van der Waals surface area contributed by atoms with Gasteiger partial charge in [-0.05, 0) is 51.3 Å². The van der Waals surface area contributed by atoms with Gasteiger partial charge < -0.3 is 23.5 Å². The van der Waals surface area contributed by atoms with Gasteiger partial charge in [-0.15, -0.1) is 0 Å². The number of amides is 1. The Balaban J connectivity index is 1.37. The average molecular weight is 478 g/mol. The fourth-order valence-electron chi connectivity index (χ4n) is 5.32. The summed E-state index contributed by atoms with van der Waals surface area (Å²) in [6, 6.07) is 15.1. The third-order valence-electron chi connectivity index (χ3n) is 6.70. The maximum atomic E-state index is 12.9. The molecule has 3 aromatic rings. The van der Waals surface area contributed by atoms with Gasteiger partial charge in [0.1, 0.15) is 34.4 Å². The molecule has 0 saturated carbocycles. The van der Waals surface area contributed by atoms with Gasteiger partial charge in [0.25, 0.3) is 0 Å². The van der Waals surface area contributed by atoms with Crippen LogP contribution in [-0.4, -0.2) is 41.9 Å². The molecule has 184 valence electrons. The number of ether oxygens (including phenoxy) is 3. The summed E-state index contributed by atoms with van der Waals surface area (Å²) in [5, 5.41) is 0.707. The molecule has 0 N–H and O–H groups in total. The summed E-state index contributed by atoms with van der Waals surface area (Å²) in [6.07, 6.45) is 3.13. The highest BCUT2D eigenvalue weighted by Gasteiger charge is 2.45. The summed E-state index contributed by atoms with van der Waals surface area (Å²) in [4.78, 5) is 27.5. The summed E-state index contributed by atoms with van der Waals surface area (Å²) in [6.45, 7) is 5.66. The smallest absolute Gasteiger partial charge is 0.410 e. The SMILES string of the molecule is COc1c(-c2ccccc2)c(=O)oc2cc(OC3C[C@H]4CC[C@@H](C3)N4C(=O)OC(C)(C)C)ccc12. The summed E-state index contributed by atoms with van der Waals surface area (Å²) in [5.74, 6) is 1.11. The van der Waals surface area contributed by atoms with Crippen LogP contribution in [0.4, 0.5) is 4.79 Å². The van der Waals surface area contributed by atoms with E-state index in [0.29, 0.717) is 28.0 Å². The Morgan fingerprint density at radius 2 is 1.71 bits per heavy atom. The largest absolute Gasteiger partial charge is 0.495 e. The topological polar surface area (TPSA) is 78.2 Å². The molecule has 0 aliphatic carbocycles. The first kappa shape index (κ1) is 23.3. The summed E-state index contributed by atoms with van der Waals surface area (Å²) >= 11 is 0. The fraction of sp³-hybridized carbons (Fsp3) is 0.429. The molecule has 0 radical (unpaired) electrons. The van der Waals surface area contributed by atoms with E-state index in [9.17, 15) is 9.59 Å². The minimum atomic E-state index is -0.514. The van der Waals surface area contributed by atoms with E-state index in [4.69, 9.17) is 18.6 Å². The van der Waals surface area contributed by atoms with Crippen LogP contribution in [0, 0.1) is 0 Å². The number of benzene rings is 2. The fourth-order valence-corrected chi connectivity index (χ4v) is 5.32. The van der Waals surface area contributed by atoms with Crippen LogP contribution in [0.3, 0.4) is 0 Å². The standard InChI is InChI=1S/C28H31NO6/c1-28(2,3)35-27(31)29-18-10-11-19(29)15-21(14-18)33-20-12-13-22-23(16-20)34-26(30)24(25(22)32-4)17-8-6-5-7-9-17/h5-9,12-13,16,18-19,21H,10-11,14-15H2,1-4H3/t18-,19+,21?. The van der Waals surface area contributed by atoms with E-state index in [1.165, 1.54) is 0 Å². The molecule has 2 aliphatic heterocycles. The Bertz CT molecular complexity index is 1280. The van der Waals surface area contributed by atoms with Gasteiger partial charge in [-0.1, -0.05) is 30.3 Å². The molecule has 2 bridgehead atoms. The Morgan fingerprint density at radius 1 is 1.03 bits per heavy atom. The number of methoxy groups -OCH3 is 1. The van der Waals surface area contributed by atoms with Crippen molar-refractivity contribution in [3.8, 4) is 22.6 Å². The molecule has 3 atom stereocenters. The molecule has 2 fully saturated rings. The Kier molecular flexibility index (Phi) is 5.95. The molecular formula is C28H31NO6. The van der Waals surface area contributed by atoms with Gasteiger partial charge in [0.2, 0.25) is 0 Å². The average Bonchev–Trinajstić information content (AvgIpc) is 3.08. The van der Waals surface area contributed by atoms with Gasteiger partial charge in [0, 0.05) is 31.0 Å². The summed E-state index contributed by atoms with van der Waals surface area (Å²) < 4.78 is 23.3. The van der Waals surface area contributed by atoms with Crippen molar-refractivity contribution in [3.05, 3.63) is 59.0 Å². The second-order valence-electron chi connectivity index (χ2n) is 10.3. The first-order chi connectivity index (χ1) is 16.7. The molecule has 2 saturated heterocycles. The zero-order valence-corrected chi connectivity index (χ0v) is 20.6. The Hall–Kier alpha value is -3.48. The lowest BCUT2D eigenvalue weighted by molar-refractivity contribution is -0.00706. The highest BCUT2D eigenvalue weighted by Crippen LogP contribution is 2.39. The highest BCUT2D eigenvalue weighted by atomic mass is 16.6. The van der Waals surface area contributed by atoms with E-state index < -0.39 is 11.2 Å². The van der Waals surface area contributed by atoms with Gasteiger partial charge in [-0.25, -0.2) is 9.59 Å². The van der Waals surface area contributed by atoms with E-state index in [2.05, 4.69) is 0 Å². The van der Waals surface area contributed by atoms with Crippen LogP contribution in [0.25, 0.3) is 22.1 Å². The van der Waals surface area contributed by atoms with Crippen molar-refractivity contribution >= 4 is 17.1 Å². The molecule has 7 nitrogen and oxygen atoms in total. The number of nitrogens with zero attached hydrogens (tertiary/aromatic N) is 1. The van der Waals surface area contributed by atoms with E-state index in [0.717, 1.165) is 31.2 Å². The number of fused-ring (bicyclic) bond motifs is 3. The van der Waals surface area contributed by atoms with Crippen molar-refractivity contribution in [2.45, 2.75) is 70.2 Å². The van der Waals surface area contributed by atoms with E-state index in [1.807, 2.05) is 68.1 Å². The minimum absolute atomic E-state index is 0.0270. The number of hydrogen-bond acceptors (Lipinski definition) is 6.